The number of anilines is 1. The predicted molar refractivity (Wildman–Crippen MR) is 111 cm³/mol. The molecule has 2 aromatic carbocycles. The third-order valence-corrected chi connectivity index (χ3v) is 5.94. The molecule has 8 heteroatoms. The van der Waals surface area contributed by atoms with Crippen molar-refractivity contribution in [3.8, 4) is 0 Å². The topological polar surface area (TPSA) is 92.0 Å². The Bertz CT molecular complexity index is 1110. The SMILES string of the molecule is Cc1ccc(N(CC(=O)NN=Cc2ccco2)S(=O)(=O)c2ccccc2)c(C)c1. The van der Waals surface area contributed by atoms with E-state index >= 15 is 0 Å². The molecule has 1 aromatic heterocycles. The summed E-state index contributed by atoms with van der Waals surface area (Å²) in [5.74, 6) is -0.110. The van der Waals surface area contributed by atoms with Crippen LogP contribution in [0.15, 0.2) is 81.3 Å². The van der Waals surface area contributed by atoms with Crippen molar-refractivity contribution < 1.29 is 17.6 Å². The number of rotatable bonds is 7. The molecule has 0 aliphatic carbocycles. The van der Waals surface area contributed by atoms with Crippen LogP contribution >= 0.6 is 0 Å². The number of carbonyl (C=O) groups is 1. The normalized spacial score (nSPS) is 11.5. The molecule has 0 aliphatic rings. The molecule has 1 heterocycles. The van der Waals surface area contributed by atoms with E-state index in [1.807, 2.05) is 26.0 Å². The number of benzene rings is 2. The zero-order valence-electron chi connectivity index (χ0n) is 16.1. The third kappa shape index (κ3) is 4.91. The van der Waals surface area contributed by atoms with Gasteiger partial charge in [0.05, 0.1) is 23.1 Å². The van der Waals surface area contributed by atoms with E-state index in [1.54, 1.807) is 36.4 Å². The van der Waals surface area contributed by atoms with Gasteiger partial charge < -0.3 is 4.42 Å². The van der Waals surface area contributed by atoms with E-state index in [0.717, 1.165) is 15.4 Å². The molecule has 3 rings (SSSR count). The molecule has 0 aliphatic heterocycles. The van der Waals surface area contributed by atoms with Crippen molar-refractivity contribution in [3.63, 3.8) is 0 Å². The Labute approximate surface area is 169 Å². The highest BCUT2D eigenvalue weighted by Gasteiger charge is 2.28. The van der Waals surface area contributed by atoms with E-state index in [4.69, 9.17) is 4.42 Å². The van der Waals surface area contributed by atoms with Gasteiger partial charge in [-0.15, -0.1) is 0 Å². The van der Waals surface area contributed by atoms with E-state index in [0.29, 0.717) is 11.4 Å². The average Bonchev–Trinajstić information content (AvgIpc) is 3.21. The number of hydrogen-bond acceptors (Lipinski definition) is 5. The lowest BCUT2D eigenvalue weighted by molar-refractivity contribution is -0.119. The second-order valence-corrected chi connectivity index (χ2v) is 8.29. The van der Waals surface area contributed by atoms with E-state index < -0.39 is 22.5 Å². The molecule has 3 aromatic rings. The summed E-state index contributed by atoms with van der Waals surface area (Å²) in [6.07, 6.45) is 2.82. The first-order chi connectivity index (χ1) is 13.9. The quantitative estimate of drug-likeness (QED) is 0.477. The monoisotopic (exact) mass is 411 g/mol. The van der Waals surface area contributed by atoms with Gasteiger partial charge in [-0.2, -0.15) is 5.10 Å². The molecule has 0 atom stereocenters. The Hall–Kier alpha value is -3.39. The van der Waals surface area contributed by atoms with Crippen LogP contribution < -0.4 is 9.73 Å². The van der Waals surface area contributed by atoms with E-state index in [9.17, 15) is 13.2 Å². The van der Waals surface area contributed by atoms with Crippen LogP contribution in [-0.4, -0.2) is 27.1 Å². The number of carbonyl (C=O) groups excluding carboxylic acids is 1. The maximum atomic E-state index is 13.3. The molecule has 29 heavy (non-hydrogen) atoms. The van der Waals surface area contributed by atoms with Crippen molar-refractivity contribution in [1.29, 1.82) is 0 Å². The fourth-order valence-electron chi connectivity index (χ4n) is 2.80. The van der Waals surface area contributed by atoms with Crippen LogP contribution in [0.1, 0.15) is 16.9 Å². The van der Waals surface area contributed by atoms with Crippen LogP contribution in [0.3, 0.4) is 0 Å². The summed E-state index contributed by atoms with van der Waals surface area (Å²) < 4.78 is 32.7. The summed E-state index contributed by atoms with van der Waals surface area (Å²) in [4.78, 5) is 12.6. The van der Waals surface area contributed by atoms with Crippen LogP contribution in [0.4, 0.5) is 5.69 Å². The van der Waals surface area contributed by atoms with Gasteiger partial charge in [0.15, 0.2) is 0 Å². The summed E-state index contributed by atoms with van der Waals surface area (Å²) in [6.45, 7) is 3.31. The zero-order chi connectivity index (χ0) is 20.9. The van der Waals surface area contributed by atoms with Crippen molar-refractivity contribution in [2.75, 3.05) is 10.8 Å². The fraction of sp³-hybridized carbons (Fsp3) is 0.143. The van der Waals surface area contributed by atoms with Gasteiger partial charge >= 0.3 is 0 Å². The van der Waals surface area contributed by atoms with Crippen LogP contribution in [0, 0.1) is 13.8 Å². The number of nitrogens with zero attached hydrogens (tertiary/aromatic N) is 2. The van der Waals surface area contributed by atoms with E-state index in [-0.39, 0.29) is 4.90 Å². The largest absolute Gasteiger partial charge is 0.463 e. The highest BCUT2D eigenvalue weighted by Crippen LogP contribution is 2.27. The Morgan fingerprint density at radius 1 is 1.10 bits per heavy atom. The van der Waals surface area contributed by atoms with Crippen LogP contribution in [0.25, 0.3) is 0 Å². The molecule has 0 unspecified atom stereocenters. The molecule has 1 amide bonds. The first-order valence-electron chi connectivity index (χ1n) is 8.88. The number of sulfonamides is 1. The van der Waals surface area contributed by atoms with Gasteiger partial charge in [-0.1, -0.05) is 35.9 Å². The number of furan rings is 1. The van der Waals surface area contributed by atoms with Gasteiger partial charge in [-0.25, -0.2) is 13.8 Å². The molecule has 0 radical (unpaired) electrons. The third-order valence-electron chi connectivity index (χ3n) is 4.16. The molecule has 0 bridgehead atoms. The van der Waals surface area contributed by atoms with Gasteiger partial charge in [0, 0.05) is 0 Å². The summed E-state index contributed by atoms with van der Waals surface area (Å²) in [5.41, 5.74) is 4.52. The molecule has 0 spiro atoms. The summed E-state index contributed by atoms with van der Waals surface area (Å²) in [6, 6.07) is 16.8. The van der Waals surface area contributed by atoms with Gasteiger partial charge in [0.2, 0.25) is 0 Å². The lowest BCUT2D eigenvalue weighted by Crippen LogP contribution is -2.40. The van der Waals surface area contributed by atoms with Gasteiger partial charge in [-0.05, 0) is 49.7 Å². The lowest BCUT2D eigenvalue weighted by atomic mass is 10.1. The van der Waals surface area contributed by atoms with Crippen molar-refractivity contribution >= 4 is 27.8 Å². The minimum Gasteiger partial charge on any atom is -0.463 e. The fourth-order valence-corrected chi connectivity index (χ4v) is 4.31. The minimum absolute atomic E-state index is 0.104. The van der Waals surface area contributed by atoms with Crippen molar-refractivity contribution in [2.24, 2.45) is 5.10 Å². The number of hydrogen-bond donors (Lipinski definition) is 1. The summed E-state index contributed by atoms with van der Waals surface area (Å²) >= 11 is 0. The number of hydrazone groups is 1. The minimum atomic E-state index is -3.95. The molecule has 0 fully saturated rings. The highest BCUT2D eigenvalue weighted by atomic mass is 32.2. The maximum absolute atomic E-state index is 13.3. The van der Waals surface area contributed by atoms with Crippen LogP contribution in [0.5, 0.6) is 0 Å². The van der Waals surface area contributed by atoms with Gasteiger partial charge in [0.25, 0.3) is 15.9 Å². The predicted octanol–water partition coefficient (Wildman–Crippen LogP) is 3.24. The molecule has 0 saturated carbocycles. The molecule has 1 N–H and O–H groups in total. The van der Waals surface area contributed by atoms with E-state index in [1.165, 1.54) is 24.6 Å². The molecular weight excluding hydrogens is 390 g/mol. The Kier molecular flexibility index (Phi) is 6.13. The molecule has 7 nitrogen and oxygen atoms in total. The molecule has 0 saturated heterocycles. The van der Waals surface area contributed by atoms with Crippen LogP contribution in [-0.2, 0) is 14.8 Å². The van der Waals surface area contributed by atoms with Crippen molar-refractivity contribution in [2.45, 2.75) is 18.7 Å². The second-order valence-electron chi connectivity index (χ2n) is 6.42. The van der Waals surface area contributed by atoms with Crippen molar-refractivity contribution in [1.82, 2.24) is 5.43 Å². The first-order valence-corrected chi connectivity index (χ1v) is 10.3. The molecule has 150 valence electrons. The van der Waals surface area contributed by atoms with Crippen molar-refractivity contribution in [3.05, 3.63) is 83.8 Å². The number of amides is 1. The van der Waals surface area contributed by atoms with Crippen LogP contribution in [0.2, 0.25) is 0 Å². The summed E-state index contributed by atoms with van der Waals surface area (Å²) in [7, 11) is -3.95. The van der Waals surface area contributed by atoms with Gasteiger partial charge in [0.1, 0.15) is 12.3 Å². The van der Waals surface area contributed by atoms with E-state index in [2.05, 4.69) is 10.5 Å². The Balaban J connectivity index is 1.89. The standard InChI is InChI=1S/C21H21N3O4S/c1-16-10-11-20(17(2)13-16)24(29(26,27)19-8-4-3-5-9-19)15-21(25)23-22-14-18-7-6-12-28-18/h3-14H,15H2,1-2H3,(H,23,25). The Morgan fingerprint density at radius 2 is 1.86 bits per heavy atom. The smallest absolute Gasteiger partial charge is 0.264 e. The Morgan fingerprint density at radius 3 is 2.52 bits per heavy atom. The second kappa shape index (κ2) is 8.74. The molecular formula is C21H21N3O4S. The average molecular weight is 411 g/mol. The maximum Gasteiger partial charge on any atom is 0.264 e. The highest BCUT2D eigenvalue weighted by molar-refractivity contribution is 7.92. The first kappa shape index (κ1) is 20.3. The number of nitrogens with one attached hydrogen (secondary N) is 1. The lowest BCUT2D eigenvalue weighted by Gasteiger charge is -2.25. The van der Waals surface area contributed by atoms with Gasteiger partial charge in [-0.3, -0.25) is 9.10 Å². The summed E-state index contributed by atoms with van der Waals surface area (Å²) in [5, 5.41) is 3.81. The zero-order valence-corrected chi connectivity index (χ0v) is 16.9. The number of aryl methyl sites for hydroxylation is 2.